The Morgan fingerprint density at radius 2 is 2.08 bits per heavy atom. The van der Waals surface area contributed by atoms with E-state index in [2.05, 4.69) is 16.9 Å². The molecule has 0 unspecified atom stereocenters. The van der Waals surface area contributed by atoms with Crippen LogP contribution in [0, 0.1) is 13.8 Å². The van der Waals surface area contributed by atoms with Gasteiger partial charge in [-0.1, -0.05) is 6.08 Å². The Morgan fingerprint density at radius 1 is 1.32 bits per heavy atom. The molecule has 0 aliphatic rings. The highest BCUT2D eigenvalue weighted by atomic mass is 32.1. The molecule has 5 nitrogen and oxygen atoms in total. The van der Waals surface area contributed by atoms with Crippen molar-refractivity contribution in [1.29, 1.82) is 0 Å². The third-order valence-corrected chi connectivity index (χ3v) is 4.95. The average molecular weight is 360 g/mol. The van der Waals surface area contributed by atoms with Crippen LogP contribution in [0.5, 0.6) is 11.5 Å². The van der Waals surface area contributed by atoms with Crippen molar-refractivity contribution in [1.82, 2.24) is 10.3 Å². The van der Waals surface area contributed by atoms with Crippen molar-refractivity contribution in [3.05, 3.63) is 51.5 Å². The molecule has 0 spiro atoms. The van der Waals surface area contributed by atoms with Crippen molar-refractivity contribution < 1.29 is 14.3 Å². The first-order valence-corrected chi connectivity index (χ1v) is 8.88. The molecule has 0 saturated carbocycles. The molecule has 1 aromatic heterocycles. The number of thiazole rings is 1. The van der Waals surface area contributed by atoms with E-state index in [0.717, 1.165) is 22.7 Å². The molecular formula is C19H24N2O3S. The van der Waals surface area contributed by atoms with Gasteiger partial charge in [-0.05, 0) is 32.4 Å². The molecule has 1 N–H and O–H groups in total. The van der Waals surface area contributed by atoms with Crippen LogP contribution in [-0.4, -0.2) is 31.7 Å². The van der Waals surface area contributed by atoms with Gasteiger partial charge in [0.15, 0.2) is 11.5 Å². The molecule has 0 radical (unpaired) electrons. The molecule has 0 bridgehead atoms. The van der Waals surface area contributed by atoms with Gasteiger partial charge in [-0.2, -0.15) is 0 Å². The van der Waals surface area contributed by atoms with Crippen LogP contribution in [0.15, 0.2) is 24.8 Å². The number of allylic oxidation sites excluding steroid dienone is 1. The van der Waals surface area contributed by atoms with Crippen molar-refractivity contribution in [2.45, 2.75) is 26.7 Å². The predicted molar refractivity (Wildman–Crippen MR) is 101 cm³/mol. The number of nitrogens with one attached hydrogen (secondary N) is 1. The van der Waals surface area contributed by atoms with Gasteiger partial charge in [0, 0.05) is 29.0 Å². The Kier molecular flexibility index (Phi) is 6.58. The molecule has 6 heteroatoms. The summed E-state index contributed by atoms with van der Waals surface area (Å²) in [6.07, 6.45) is 3.14. The smallest absolute Gasteiger partial charge is 0.251 e. The zero-order chi connectivity index (χ0) is 18.4. The second kappa shape index (κ2) is 8.67. The Bertz CT molecular complexity index is 768. The zero-order valence-corrected chi connectivity index (χ0v) is 16.0. The van der Waals surface area contributed by atoms with E-state index in [0.29, 0.717) is 30.0 Å². The molecule has 2 aromatic rings. The summed E-state index contributed by atoms with van der Waals surface area (Å²) in [5, 5.41) is 4.01. The van der Waals surface area contributed by atoms with Gasteiger partial charge in [0.25, 0.3) is 5.91 Å². The largest absolute Gasteiger partial charge is 0.493 e. The third-order valence-electron chi connectivity index (χ3n) is 3.82. The lowest BCUT2D eigenvalue weighted by atomic mass is 10.0. The van der Waals surface area contributed by atoms with Gasteiger partial charge in [-0.25, -0.2) is 4.98 Å². The monoisotopic (exact) mass is 360 g/mol. The molecule has 0 aliphatic carbocycles. The van der Waals surface area contributed by atoms with E-state index < -0.39 is 0 Å². The standard InChI is InChI=1S/C19H24N2O3S/c1-6-7-14-10-15(11-16(23-4)18(14)24-5)19(22)20-9-8-17-12(2)21-13(3)25-17/h6,10-11H,1,7-9H2,2-5H3,(H,20,22). The topological polar surface area (TPSA) is 60.5 Å². The lowest BCUT2D eigenvalue weighted by Crippen LogP contribution is -2.25. The number of aryl methyl sites for hydroxylation is 2. The number of carbonyl (C=O) groups is 1. The predicted octanol–water partition coefficient (Wildman–Crippen LogP) is 3.48. The Labute approximate surface area is 152 Å². The fourth-order valence-corrected chi connectivity index (χ4v) is 3.62. The maximum Gasteiger partial charge on any atom is 0.251 e. The van der Waals surface area contributed by atoms with Crippen LogP contribution in [0.25, 0.3) is 0 Å². The van der Waals surface area contributed by atoms with Gasteiger partial charge in [0.1, 0.15) is 0 Å². The van der Waals surface area contributed by atoms with E-state index in [4.69, 9.17) is 9.47 Å². The van der Waals surface area contributed by atoms with Crippen LogP contribution < -0.4 is 14.8 Å². The first-order chi connectivity index (χ1) is 12.0. The average Bonchev–Trinajstić information content (AvgIpc) is 2.91. The minimum atomic E-state index is -0.134. The van der Waals surface area contributed by atoms with Gasteiger partial charge >= 0.3 is 0 Å². The third kappa shape index (κ3) is 4.60. The van der Waals surface area contributed by atoms with Gasteiger partial charge < -0.3 is 14.8 Å². The molecular weight excluding hydrogens is 336 g/mol. The van der Waals surface area contributed by atoms with E-state index in [-0.39, 0.29) is 5.91 Å². The molecule has 0 aliphatic heterocycles. The summed E-state index contributed by atoms with van der Waals surface area (Å²) < 4.78 is 10.8. The second-order valence-electron chi connectivity index (χ2n) is 5.61. The molecule has 1 amide bonds. The van der Waals surface area contributed by atoms with E-state index in [1.165, 1.54) is 4.88 Å². The molecule has 0 atom stereocenters. The molecule has 0 fully saturated rings. The lowest BCUT2D eigenvalue weighted by molar-refractivity contribution is 0.0953. The molecule has 1 heterocycles. The van der Waals surface area contributed by atoms with E-state index in [1.54, 1.807) is 37.7 Å². The summed E-state index contributed by atoms with van der Waals surface area (Å²) in [4.78, 5) is 18.1. The number of amides is 1. The number of nitrogens with zero attached hydrogens (tertiary/aromatic N) is 1. The first kappa shape index (κ1) is 19.0. The molecule has 25 heavy (non-hydrogen) atoms. The number of carbonyl (C=O) groups excluding carboxylic acids is 1. The van der Waals surface area contributed by atoms with Crippen molar-refractivity contribution in [3.8, 4) is 11.5 Å². The number of hydrogen-bond acceptors (Lipinski definition) is 5. The van der Waals surface area contributed by atoms with E-state index >= 15 is 0 Å². The summed E-state index contributed by atoms with van der Waals surface area (Å²) in [5.41, 5.74) is 2.46. The van der Waals surface area contributed by atoms with Crippen LogP contribution in [0.2, 0.25) is 0 Å². The molecule has 0 saturated heterocycles. The van der Waals surface area contributed by atoms with Crippen molar-refractivity contribution >= 4 is 17.2 Å². The maximum absolute atomic E-state index is 12.5. The Morgan fingerprint density at radius 3 is 2.64 bits per heavy atom. The highest BCUT2D eigenvalue weighted by molar-refractivity contribution is 7.11. The highest BCUT2D eigenvalue weighted by Gasteiger charge is 2.15. The van der Waals surface area contributed by atoms with Gasteiger partial charge in [0.2, 0.25) is 0 Å². The number of aromatic nitrogens is 1. The lowest BCUT2D eigenvalue weighted by Gasteiger charge is -2.14. The van der Waals surface area contributed by atoms with Gasteiger partial charge in [-0.3, -0.25) is 4.79 Å². The molecule has 2 rings (SSSR count). The van der Waals surface area contributed by atoms with Crippen LogP contribution >= 0.6 is 11.3 Å². The fraction of sp³-hybridized carbons (Fsp3) is 0.368. The molecule has 1 aromatic carbocycles. The quantitative estimate of drug-likeness (QED) is 0.732. The second-order valence-corrected chi connectivity index (χ2v) is 6.90. The summed E-state index contributed by atoms with van der Waals surface area (Å²) in [6.45, 7) is 8.30. The zero-order valence-electron chi connectivity index (χ0n) is 15.1. The Balaban J connectivity index is 2.11. The summed E-state index contributed by atoms with van der Waals surface area (Å²) in [5.74, 6) is 1.04. The number of benzene rings is 1. The van der Waals surface area contributed by atoms with Crippen molar-refractivity contribution in [3.63, 3.8) is 0 Å². The minimum absolute atomic E-state index is 0.134. The van der Waals surface area contributed by atoms with E-state index in [9.17, 15) is 4.79 Å². The summed E-state index contributed by atoms with van der Waals surface area (Å²) >= 11 is 1.67. The van der Waals surface area contributed by atoms with Gasteiger partial charge in [-0.15, -0.1) is 17.9 Å². The molecule has 134 valence electrons. The van der Waals surface area contributed by atoms with Crippen molar-refractivity contribution in [2.75, 3.05) is 20.8 Å². The van der Waals surface area contributed by atoms with E-state index in [1.807, 2.05) is 19.9 Å². The maximum atomic E-state index is 12.5. The number of methoxy groups -OCH3 is 2. The fourth-order valence-electron chi connectivity index (χ4n) is 2.68. The Hall–Kier alpha value is -2.34. The van der Waals surface area contributed by atoms with Crippen LogP contribution in [-0.2, 0) is 12.8 Å². The first-order valence-electron chi connectivity index (χ1n) is 8.07. The van der Waals surface area contributed by atoms with Crippen LogP contribution in [0.3, 0.4) is 0 Å². The van der Waals surface area contributed by atoms with Crippen molar-refractivity contribution in [2.24, 2.45) is 0 Å². The highest BCUT2D eigenvalue weighted by Crippen LogP contribution is 2.33. The minimum Gasteiger partial charge on any atom is -0.493 e. The SMILES string of the molecule is C=CCc1cc(C(=O)NCCc2sc(C)nc2C)cc(OC)c1OC. The van der Waals surface area contributed by atoms with Gasteiger partial charge in [0.05, 0.1) is 24.9 Å². The van der Waals surface area contributed by atoms with Crippen LogP contribution in [0.1, 0.15) is 31.5 Å². The normalized spacial score (nSPS) is 10.4. The number of hydrogen-bond donors (Lipinski definition) is 1. The van der Waals surface area contributed by atoms with Crippen LogP contribution in [0.4, 0.5) is 0 Å². The number of ether oxygens (including phenoxy) is 2. The summed E-state index contributed by atoms with van der Waals surface area (Å²) in [7, 11) is 3.15. The summed E-state index contributed by atoms with van der Waals surface area (Å²) in [6, 6.07) is 3.52. The number of rotatable bonds is 8.